The highest BCUT2D eigenvalue weighted by Crippen LogP contribution is 2.18. The molecule has 0 spiro atoms. The lowest BCUT2D eigenvalue weighted by Gasteiger charge is -2.13. The molecule has 122 valence electrons. The van der Waals surface area contributed by atoms with Gasteiger partial charge in [0.05, 0.1) is 5.56 Å². The smallest absolute Gasteiger partial charge is 0.380 e. The molecule has 2 N–H and O–H groups in total. The monoisotopic (exact) mass is 326 g/mol. The van der Waals surface area contributed by atoms with Crippen LogP contribution in [-0.4, -0.2) is 18.6 Å². The molecule has 3 nitrogen and oxygen atoms in total. The second kappa shape index (κ2) is 7.13. The molecule has 2 aromatic carbocycles. The molecule has 0 aliphatic heterocycles. The summed E-state index contributed by atoms with van der Waals surface area (Å²) in [7, 11) is 0. The number of halogens is 4. The average molecular weight is 326 g/mol. The predicted molar refractivity (Wildman–Crippen MR) is 78.6 cm³/mol. The highest BCUT2D eigenvalue weighted by Gasteiger charge is 2.28. The van der Waals surface area contributed by atoms with E-state index < -0.39 is 18.6 Å². The Morgan fingerprint density at radius 2 is 1.78 bits per heavy atom. The fourth-order valence-electron chi connectivity index (χ4n) is 1.96. The van der Waals surface area contributed by atoms with Crippen molar-refractivity contribution < 1.29 is 22.4 Å². The molecule has 0 heterocycles. The maximum Gasteiger partial charge on any atom is 0.405 e. The van der Waals surface area contributed by atoms with Crippen molar-refractivity contribution >= 4 is 11.6 Å². The SMILES string of the molecule is O=C(NCC(F)(F)F)c1ccccc1NCc1cccc(F)c1. The van der Waals surface area contributed by atoms with Crippen molar-refractivity contribution in [2.45, 2.75) is 12.7 Å². The Bertz CT molecular complexity index is 686. The molecule has 0 saturated heterocycles. The minimum absolute atomic E-state index is 0.0909. The third kappa shape index (κ3) is 5.28. The molecule has 0 radical (unpaired) electrons. The van der Waals surface area contributed by atoms with Crippen LogP contribution in [-0.2, 0) is 6.54 Å². The quantitative estimate of drug-likeness (QED) is 0.822. The third-order valence-corrected chi connectivity index (χ3v) is 2.99. The number of anilines is 1. The molecule has 0 bridgehead atoms. The van der Waals surface area contributed by atoms with Gasteiger partial charge in [0, 0.05) is 12.2 Å². The maximum atomic E-state index is 13.1. The molecular formula is C16H14F4N2O. The van der Waals surface area contributed by atoms with Gasteiger partial charge in [0.25, 0.3) is 5.91 Å². The number of nitrogens with one attached hydrogen (secondary N) is 2. The van der Waals surface area contributed by atoms with Gasteiger partial charge in [0.2, 0.25) is 0 Å². The first kappa shape index (κ1) is 16.8. The summed E-state index contributed by atoms with van der Waals surface area (Å²) in [4.78, 5) is 11.9. The number of carbonyl (C=O) groups excluding carboxylic acids is 1. The van der Waals surface area contributed by atoms with Crippen molar-refractivity contribution in [2.75, 3.05) is 11.9 Å². The molecule has 0 fully saturated rings. The lowest BCUT2D eigenvalue weighted by molar-refractivity contribution is -0.123. The largest absolute Gasteiger partial charge is 0.405 e. The van der Waals surface area contributed by atoms with E-state index in [2.05, 4.69) is 5.32 Å². The van der Waals surface area contributed by atoms with Crippen molar-refractivity contribution in [1.82, 2.24) is 5.32 Å². The lowest BCUT2D eigenvalue weighted by Crippen LogP contribution is -2.34. The normalized spacial score (nSPS) is 11.1. The van der Waals surface area contributed by atoms with E-state index >= 15 is 0 Å². The summed E-state index contributed by atoms with van der Waals surface area (Å²) in [5, 5.41) is 4.75. The molecule has 7 heteroatoms. The van der Waals surface area contributed by atoms with Gasteiger partial charge in [-0.2, -0.15) is 13.2 Å². The van der Waals surface area contributed by atoms with Crippen molar-refractivity contribution in [3.63, 3.8) is 0 Å². The van der Waals surface area contributed by atoms with E-state index in [0.29, 0.717) is 11.3 Å². The molecular weight excluding hydrogens is 312 g/mol. The van der Waals surface area contributed by atoms with Crippen LogP contribution in [0.5, 0.6) is 0 Å². The number of amides is 1. The molecule has 0 aliphatic rings. The summed E-state index contributed by atoms with van der Waals surface area (Å²) in [6.07, 6.45) is -4.47. The van der Waals surface area contributed by atoms with E-state index in [1.54, 1.807) is 30.3 Å². The average Bonchev–Trinajstić information content (AvgIpc) is 2.50. The van der Waals surface area contributed by atoms with Crippen LogP contribution < -0.4 is 10.6 Å². The number of alkyl halides is 3. The van der Waals surface area contributed by atoms with E-state index in [1.807, 2.05) is 5.32 Å². The summed E-state index contributed by atoms with van der Waals surface area (Å²) in [5.74, 6) is -1.22. The summed E-state index contributed by atoms with van der Waals surface area (Å²) < 4.78 is 49.6. The van der Waals surface area contributed by atoms with Crippen LogP contribution in [0.3, 0.4) is 0 Å². The van der Waals surface area contributed by atoms with Gasteiger partial charge in [-0.1, -0.05) is 24.3 Å². The van der Waals surface area contributed by atoms with Gasteiger partial charge < -0.3 is 10.6 Å². The Labute approximate surface area is 130 Å². The van der Waals surface area contributed by atoms with Gasteiger partial charge in [-0.3, -0.25) is 4.79 Å². The summed E-state index contributed by atoms with van der Waals surface area (Å²) in [6, 6.07) is 12.1. The Balaban J connectivity index is 2.06. The number of para-hydroxylation sites is 1. The van der Waals surface area contributed by atoms with Crippen LogP contribution in [0.25, 0.3) is 0 Å². The van der Waals surface area contributed by atoms with Crippen LogP contribution in [0.4, 0.5) is 23.2 Å². The highest BCUT2D eigenvalue weighted by molar-refractivity contribution is 5.99. The van der Waals surface area contributed by atoms with Crippen LogP contribution in [0.1, 0.15) is 15.9 Å². The molecule has 2 aromatic rings. The zero-order valence-electron chi connectivity index (χ0n) is 12.0. The van der Waals surface area contributed by atoms with Gasteiger partial charge in [-0.25, -0.2) is 4.39 Å². The second-order valence-corrected chi connectivity index (χ2v) is 4.83. The van der Waals surface area contributed by atoms with E-state index in [1.165, 1.54) is 18.2 Å². The van der Waals surface area contributed by atoms with Crippen LogP contribution in [0.2, 0.25) is 0 Å². The van der Waals surface area contributed by atoms with Gasteiger partial charge >= 0.3 is 6.18 Å². The fourth-order valence-corrected chi connectivity index (χ4v) is 1.96. The third-order valence-electron chi connectivity index (χ3n) is 2.99. The maximum absolute atomic E-state index is 13.1. The Morgan fingerprint density at radius 3 is 2.48 bits per heavy atom. The molecule has 1 amide bonds. The van der Waals surface area contributed by atoms with E-state index in [0.717, 1.165) is 0 Å². The van der Waals surface area contributed by atoms with Crippen molar-refractivity contribution in [1.29, 1.82) is 0 Å². The molecule has 0 saturated carbocycles. The Morgan fingerprint density at radius 1 is 1.04 bits per heavy atom. The number of hydrogen-bond donors (Lipinski definition) is 2. The first-order valence-electron chi connectivity index (χ1n) is 6.77. The molecule has 0 aromatic heterocycles. The van der Waals surface area contributed by atoms with Gasteiger partial charge in [-0.05, 0) is 29.8 Å². The molecule has 23 heavy (non-hydrogen) atoms. The molecule has 2 rings (SSSR count). The Kier molecular flexibility index (Phi) is 5.20. The minimum atomic E-state index is -4.47. The topological polar surface area (TPSA) is 41.1 Å². The number of rotatable bonds is 5. The minimum Gasteiger partial charge on any atom is -0.380 e. The van der Waals surface area contributed by atoms with Crippen LogP contribution in [0.15, 0.2) is 48.5 Å². The molecule has 0 atom stereocenters. The fraction of sp³-hybridized carbons (Fsp3) is 0.188. The summed E-state index contributed by atoms with van der Waals surface area (Å²) in [6.45, 7) is -1.16. The number of carbonyl (C=O) groups is 1. The second-order valence-electron chi connectivity index (χ2n) is 4.83. The standard InChI is InChI=1S/C16H14F4N2O/c17-12-5-3-4-11(8-12)9-21-14-7-2-1-6-13(14)15(23)22-10-16(18,19)20/h1-8,21H,9-10H2,(H,22,23). The summed E-state index contributed by atoms with van der Waals surface area (Å²) in [5.41, 5.74) is 1.11. The van der Waals surface area contributed by atoms with Crippen molar-refractivity contribution in [3.05, 3.63) is 65.5 Å². The van der Waals surface area contributed by atoms with Crippen LogP contribution in [0, 0.1) is 5.82 Å². The first-order chi connectivity index (χ1) is 10.8. The molecule has 0 unspecified atom stereocenters. The zero-order valence-corrected chi connectivity index (χ0v) is 12.0. The van der Waals surface area contributed by atoms with E-state index in [-0.39, 0.29) is 17.9 Å². The zero-order chi connectivity index (χ0) is 16.9. The van der Waals surface area contributed by atoms with E-state index in [4.69, 9.17) is 0 Å². The Hall–Kier alpha value is -2.57. The summed E-state index contributed by atoms with van der Waals surface area (Å²) >= 11 is 0. The number of hydrogen-bond acceptors (Lipinski definition) is 2. The van der Waals surface area contributed by atoms with Gasteiger partial charge in [-0.15, -0.1) is 0 Å². The molecule has 0 aliphatic carbocycles. The van der Waals surface area contributed by atoms with Gasteiger partial charge in [0.1, 0.15) is 12.4 Å². The lowest BCUT2D eigenvalue weighted by atomic mass is 10.1. The predicted octanol–water partition coefficient (Wildman–Crippen LogP) is 3.73. The number of benzene rings is 2. The highest BCUT2D eigenvalue weighted by atomic mass is 19.4. The van der Waals surface area contributed by atoms with Gasteiger partial charge in [0.15, 0.2) is 0 Å². The van der Waals surface area contributed by atoms with Crippen LogP contribution >= 0.6 is 0 Å². The van der Waals surface area contributed by atoms with E-state index in [9.17, 15) is 22.4 Å². The first-order valence-corrected chi connectivity index (χ1v) is 6.77. The van der Waals surface area contributed by atoms with Crippen molar-refractivity contribution in [3.8, 4) is 0 Å². The van der Waals surface area contributed by atoms with Crippen molar-refractivity contribution in [2.24, 2.45) is 0 Å².